The van der Waals surface area contributed by atoms with Crippen molar-refractivity contribution in [3.63, 3.8) is 0 Å². The number of aliphatic hydroxyl groups is 3. The van der Waals surface area contributed by atoms with E-state index in [0.717, 1.165) is 89.9 Å². The summed E-state index contributed by atoms with van der Waals surface area (Å²) >= 11 is 0. The number of fused-ring (bicyclic) bond motifs is 2. The van der Waals surface area contributed by atoms with Crippen molar-refractivity contribution < 1.29 is 127 Å². The second-order valence-corrected chi connectivity index (χ2v) is 33.5. The number of esters is 5. The molecule has 109 heavy (non-hydrogen) atoms. The van der Waals surface area contributed by atoms with E-state index in [2.05, 4.69) is 17.2 Å². The number of aliphatic carboxylic acids is 6. The van der Waals surface area contributed by atoms with E-state index in [1.54, 1.807) is 76.2 Å². The summed E-state index contributed by atoms with van der Waals surface area (Å²) in [7, 11) is 0. The van der Waals surface area contributed by atoms with Gasteiger partial charge in [0.05, 0.1) is 40.0 Å². The lowest BCUT2D eigenvalue weighted by Crippen LogP contribution is -2.57. The van der Waals surface area contributed by atoms with Crippen LogP contribution in [0.3, 0.4) is 0 Å². The highest BCUT2D eigenvalue weighted by molar-refractivity contribution is 5.97. The summed E-state index contributed by atoms with van der Waals surface area (Å²) in [6.07, 6.45) is 12.9. The van der Waals surface area contributed by atoms with Crippen molar-refractivity contribution in [1.82, 2.24) is 20.4 Å². The quantitative estimate of drug-likeness (QED) is 0.00915. The summed E-state index contributed by atoms with van der Waals surface area (Å²) in [5.74, 6) is -10.2. The smallest absolute Gasteiger partial charge is 0.345 e. The number of amides is 1. The zero-order valence-electron chi connectivity index (χ0n) is 67.8. The Morgan fingerprint density at radius 3 is 1.38 bits per heavy atom. The van der Waals surface area contributed by atoms with Gasteiger partial charge in [0, 0.05) is 31.5 Å². The average molecular weight is 1560 g/mol. The number of hydrogen-bond acceptors (Lipinski definition) is 23. The lowest BCUT2D eigenvalue weighted by molar-refractivity contribution is -0.175. The topological polar surface area (TPSA) is 464 Å². The number of carboxylic acid groups (broad SMARTS) is 6. The molecule has 4 aliphatic carbocycles. The lowest BCUT2D eigenvalue weighted by atomic mass is 9.79. The Bertz CT molecular complexity index is 3010. The summed E-state index contributed by atoms with van der Waals surface area (Å²) in [5, 5.41) is 91.9. The van der Waals surface area contributed by atoms with Gasteiger partial charge in [0.1, 0.15) is 68.5 Å². The summed E-state index contributed by atoms with van der Waals surface area (Å²) in [6, 6.07) is -1.88. The maximum absolute atomic E-state index is 12.1. The van der Waals surface area contributed by atoms with Crippen LogP contribution in [0, 0.1) is 68.5 Å². The molecular formula is C79H134N4O26. The molecule has 6 fully saturated rings. The molecule has 4 saturated carbocycles. The van der Waals surface area contributed by atoms with Crippen LogP contribution in [0.2, 0.25) is 0 Å². The maximum Gasteiger partial charge on any atom is 0.345 e. The van der Waals surface area contributed by atoms with Gasteiger partial charge in [0.15, 0.2) is 0 Å². The number of ether oxygens (including phenoxy) is 5. The summed E-state index contributed by atoms with van der Waals surface area (Å²) in [6.45, 7) is 33.0. The third kappa shape index (κ3) is 30.0. The number of carbonyl (C=O) groups excluding carboxylic acids is 6. The van der Waals surface area contributed by atoms with Crippen molar-refractivity contribution in [2.24, 2.45) is 68.5 Å². The molecule has 2 saturated heterocycles. The fourth-order valence-corrected chi connectivity index (χ4v) is 13.9. The first kappa shape index (κ1) is 98.2. The Hall–Kier alpha value is -6.86. The standard InChI is InChI=1S/C18H29NO7.2C17H29NO5.C14H24O4.C13H23NO5/c1-6-18(4,5)17(25)26-9-13(20)19-8-12(10(2)3)11(7-14(21)22)15(19)16(23)24;1-4-16(2,3)15(22)23-10-13(19)9-18-17(14(20)21)8-11-5-6-12(17)7-11;1-4-17(2,3)16(22)23-11-10-18-14(19)13(15(20)21)12-8-6-5-7-9-12;1-4-14(2,3)13(17)18-11(12(15)16)10-8-6-5-7-9-10;1-4-13(2,3)12(18)19-8-10(15)14-7-5-6-9(14)11(16)17/h11-13,15,20H,2,6-9H2,1,3-5H3,(H,21,22)(H,23,24);11-13,18-19H,4-10H2,1-3H3,(H,20,21);12-13H,4-11H2,1-3H3,(H,18,19)(H,20,21);10-11H,4-9H2,1-3H3,(H,15,16);9-10,15H,4-8H2,1-3H3,(H,16,17). The van der Waals surface area contributed by atoms with Crippen LogP contribution in [-0.4, -0.2) is 222 Å². The fourth-order valence-electron chi connectivity index (χ4n) is 13.9. The number of β-amino-alcohol motifs (C(OH)–C–C–N with tert-alkyl or cyclic N) is 1. The van der Waals surface area contributed by atoms with Crippen molar-refractivity contribution in [1.29, 1.82) is 0 Å². The van der Waals surface area contributed by atoms with Gasteiger partial charge in [-0.25, -0.2) is 4.79 Å². The van der Waals surface area contributed by atoms with Gasteiger partial charge >= 0.3 is 65.7 Å². The molecule has 626 valence electrons. The third-order valence-corrected chi connectivity index (χ3v) is 23.4. The average Bonchev–Trinajstić information content (AvgIpc) is 1.61. The maximum atomic E-state index is 12.1. The molecule has 0 aromatic heterocycles. The monoisotopic (exact) mass is 1550 g/mol. The second kappa shape index (κ2) is 45.0. The lowest BCUT2D eigenvalue weighted by Gasteiger charge is -2.35. The third-order valence-electron chi connectivity index (χ3n) is 23.4. The molecule has 11 N–H and O–H groups in total. The zero-order chi connectivity index (χ0) is 83.3. The number of aliphatic hydroxyl groups excluding tert-OH is 3. The van der Waals surface area contributed by atoms with Gasteiger partial charge in [0.25, 0.3) is 0 Å². The summed E-state index contributed by atoms with van der Waals surface area (Å²) in [5.41, 5.74) is -3.28. The first-order valence-electron chi connectivity index (χ1n) is 39.1. The minimum atomic E-state index is -1.34. The van der Waals surface area contributed by atoms with Gasteiger partial charge in [-0.3, -0.25) is 67.9 Å². The number of rotatable bonds is 36. The van der Waals surface area contributed by atoms with Crippen molar-refractivity contribution in [2.45, 2.75) is 294 Å². The van der Waals surface area contributed by atoms with Crippen LogP contribution in [-0.2, 0) is 81.2 Å². The van der Waals surface area contributed by atoms with Crippen molar-refractivity contribution >= 4 is 71.6 Å². The van der Waals surface area contributed by atoms with Crippen LogP contribution in [0.1, 0.15) is 252 Å². The largest absolute Gasteiger partial charge is 0.481 e. The van der Waals surface area contributed by atoms with Crippen LogP contribution < -0.4 is 10.6 Å². The molecular weight excluding hydrogens is 1420 g/mol. The molecule has 2 aliphatic heterocycles. The minimum Gasteiger partial charge on any atom is -0.481 e. The number of hydrogen-bond donors (Lipinski definition) is 11. The summed E-state index contributed by atoms with van der Waals surface area (Å²) < 4.78 is 25.8. The first-order valence-corrected chi connectivity index (χ1v) is 39.1. The number of carbonyl (C=O) groups is 12. The number of nitrogens with zero attached hydrogens (tertiary/aromatic N) is 2. The van der Waals surface area contributed by atoms with E-state index in [1.165, 1.54) is 9.80 Å². The highest BCUT2D eigenvalue weighted by Gasteiger charge is 2.56. The summed E-state index contributed by atoms with van der Waals surface area (Å²) in [4.78, 5) is 143. The Balaban J connectivity index is 0.000000465. The SMILES string of the molecule is C=C(C)C1CN(C(O)COC(=O)C(C)(C)CC)C(C(=O)O)C1CC(=O)O.CCC(C)(C)C(=O)OC(C(=O)O)C1CCCCC1.CCC(C)(C)C(=O)OCC(O)CNC1(C(=O)O)CC2CCC1C2.CCC(C)(C)C(=O)OCC(O)N1CCCC1C(=O)O.CCC(C)(C)C(=O)OCCNC(=O)C(C(=O)O)C1CCCCC1. The van der Waals surface area contributed by atoms with E-state index in [9.17, 15) is 93.3 Å². The van der Waals surface area contributed by atoms with E-state index in [0.29, 0.717) is 63.0 Å². The molecule has 30 nitrogen and oxygen atoms in total. The predicted molar refractivity (Wildman–Crippen MR) is 400 cm³/mol. The van der Waals surface area contributed by atoms with Crippen LogP contribution in [0.5, 0.6) is 0 Å². The molecule has 12 atom stereocenters. The van der Waals surface area contributed by atoms with E-state index >= 15 is 0 Å². The van der Waals surface area contributed by atoms with Gasteiger partial charge in [-0.2, -0.15) is 0 Å². The Morgan fingerprint density at radius 1 is 0.532 bits per heavy atom. The van der Waals surface area contributed by atoms with Crippen LogP contribution >= 0.6 is 0 Å². The molecule has 0 radical (unpaired) electrons. The molecule has 12 unspecified atom stereocenters. The fraction of sp³-hybridized carbons (Fsp3) is 0.823. The molecule has 30 heteroatoms. The first-order chi connectivity index (χ1) is 50.6. The Labute approximate surface area is 644 Å². The van der Waals surface area contributed by atoms with Gasteiger partial charge in [-0.05, 0) is 190 Å². The van der Waals surface area contributed by atoms with E-state index in [-0.39, 0.29) is 94.1 Å². The van der Waals surface area contributed by atoms with Gasteiger partial charge in [-0.1, -0.05) is 91.7 Å². The van der Waals surface area contributed by atoms with Crippen LogP contribution in [0.4, 0.5) is 0 Å². The molecule has 2 bridgehead atoms. The van der Waals surface area contributed by atoms with Crippen molar-refractivity contribution in [3.8, 4) is 0 Å². The zero-order valence-corrected chi connectivity index (χ0v) is 67.8. The highest BCUT2D eigenvalue weighted by atomic mass is 16.6. The van der Waals surface area contributed by atoms with Crippen molar-refractivity contribution in [2.75, 3.05) is 52.6 Å². The Kier molecular flexibility index (Phi) is 40.5. The molecule has 2 heterocycles. The molecule has 6 rings (SSSR count). The van der Waals surface area contributed by atoms with Crippen LogP contribution in [0.15, 0.2) is 12.2 Å². The normalized spacial score (nSPS) is 23.2. The van der Waals surface area contributed by atoms with Gasteiger partial charge in [-0.15, -0.1) is 0 Å². The highest BCUT2D eigenvalue weighted by Crippen LogP contribution is 2.51. The molecule has 0 spiro atoms. The minimum absolute atomic E-state index is 0.0205. The molecule has 0 aromatic carbocycles. The number of nitrogens with one attached hydrogen (secondary N) is 2. The van der Waals surface area contributed by atoms with E-state index in [4.69, 9.17) is 33.9 Å². The second-order valence-electron chi connectivity index (χ2n) is 33.5. The van der Waals surface area contributed by atoms with Crippen molar-refractivity contribution in [3.05, 3.63) is 12.2 Å². The van der Waals surface area contributed by atoms with Gasteiger partial charge in [0.2, 0.25) is 12.0 Å². The van der Waals surface area contributed by atoms with E-state index < -0.39 is 135 Å². The van der Waals surface area contributed by atoms with Gasteiger partial charge < -0.3 is 75.0 Å². The molecule has 6 aliphatic rings. The molecule has 1 amide bonds. The Morgan fingerprint density at radius 2 is 0.982 bits per heavy atom. The predicted octanol–water partition coefficient (Wildman–Crippen LogP) is 9.09. The number of carboxylic acids is 6. The molecule has 0 aromatic rings. The van der Waals surface area contributed by atoms with E-state index in [1.807, 2.05) is 34.6 Å². The number of likely N-dealkylation sites (tertiary alicyclic amines) is 2. The van der Waals surface area contributed by atoms with Crippen LogP contribution in [0.25, 0.3) is 0 Å².